The van der Waals surface area contributed by atoms with E-state index in [-0.39, 0.29) is 5.56 Å². The quantitative estimate of drug-likeness (QED) is 0.811. The van der Waals surface area contributed by atoms with Gasteiger partial charge in [0.1, 0.15) is 5.69 Å². The van der Waals surface area contributed by atoms with E-state index in [0.29, 0.717) is 19.7 Å². The number of rotatable bonds is 6. The highest BCUT2D eigenvalue weighted by Crippen LogP contribution is 2.27. The zero-order valence-electron chi connectivity index (χ0n) is 13.1. The van der Waals surface area contributed by atoms with Gasteiger partial charge < -0.3 is 9.64 Å². The number of benzene rings is 1. The average Bonchev–Trinajstić information content (AvgIpc) is 2.58. The molecule has 2 aromatic rings. The maximum Gasteiger partial charge on any atom is 0.433 e. The van der Waals surface area contributed by atoms with Gasteiger partial charge in [-0.05, 0) is 17.7 Å². The first-order valence-electron chi connectivity index (χ1n) is 7.27. The van der Waals surface area contributed by atoms with Crippen molar-refractivity contribution in [2.45, 2.75) is 12.7 Å². The Labute approximate surface area is 137 Å². The topological polar surface area (TPSA) is 42.4 Å². The van der Waals surface area contributed by atoms with E-state index in [2.05, 4.69) is 4.98 Å². The summed E-state index contributed by atoms with van der Waals surface area (Å²) in [6, 6.07) is 11.3. The third-order valence-electron chi connectivity index (χ3n) is 3.37. The van der Waals surface area contributed by atoms with Crippen LogP contribution in [-0.4, -0.2) is 36.1 Å². The number of hydrogen-bond acceptors (Lipinski definition) is 3. The smallest absolute Gasteiger partial charge is 0.383 e. The monoisotopic (exact) mass is 338 g/mol. The number of alkyl halides is 3. The number of methoxy groups -OCH3 is 1. The zero-order chi connectivity index (χ0) is 17.6. The van der Waals surface area contributed by atoms with Crippen LogP contribution >= 0.6 is 0 Å². The van der Waals surface area contributed by atoms with Crippen LogP contribution in [0.25, 0.3) is 0 Å². The minimum absolute atomic E-state index is 0.107. The first-order chi connectivity index (χ1) is 11.4. The van der Waals surface area contributed by atoms with E-state index in [4.69, 9.17) is 4.74 Å². The molecular formula is C17H17F3N2O2. The van der Waals surface area contributed by atoms with E-state index in [1.165, 1.54) is 12.0 Å². The standard InChI is InChI=1S/C17H17F3N2O2/c1-24-10-9-22(12-13-5-3-2-4-6-13)16(23)14-7-8-15(21-11-14)17(18,19)20/h2-8,11H,9-10,12H2,1H3. The molecule has 0 N–H and O–H groups in total. The molecule has 0 aliphatic heterocycles. The fourth-order valence-corrected chi connectivity index (χ4v) is 2.13. The molecule has 0 radical (unpaired) electrons. The molecule has 0 spiro atoms. The summed E-state index contributed by atoms with van der Waals surface area (Å²) in [5.74, 6) is -0.392. The van der Waals surface area contributed by atoms with Gasteiger partial charge in [0.25, 0.3) is 5.91 Å². The second kappa shape index (κ2) is 7.92. The van der Waals surface area contributed by atoms with E-state index < -0.39 is 17.8 Å². The van der Waals surface area contributed by atoms with Crippen molar-refractivity contribution in [2.24, 2.45) is 0 Å². The van der Waals surface area contributed by atoms with Crippen molar-refractivity contribution in [1.82, 2.24) is 9.88 Å². The van der Waals surface area contributed by atoms with Crippen LogP contribution in [0.15, 0.2) is 48.7 Å². The summed E-state index contributed by atoms with van der Waals surface area (Å²) in [6.45, 7) is 0.988. The predicted molar refractivity (Wildman–Crippen MR) is 82.3 cm³/mol. The van der Waals surface area contributed by atoms with Gasteiger partial charge in [-0.2, -0.15) is 13.2 Å². The van der Waals surface area contributed by atoms with E-state index in [9.17, 15) is 18.0 Å². The molecular weight excluding hydrogens is 321 g/mol. The van der Waals surface area contributed by atoms with Gasteiger partial charge in [0.05, 0.1) is 12.2 Å². The van der Waals surface area contributed by atoms with E-state index >= 15 is 0 Å². The lowest BCUT2D eigenvalue weighted by Crippen LogP contribution is -2.33. The van der Waals surface area contributed by atoms with Crippen LogP contribution in [0.4, 0.5) is 13.2 Å². The molecule has 0 saturated carbocycles. The number of aromatic nitrogens is 1. The van der Waals surface area contributed by atoms with Crippen LogP contribution < -0.4 is 0 Å². The first kappa shape index (κ1) is 17.9. The second-order valence-electron chi connectivity index (χ2n) is 5.13. The Bertz CT molecular complexity index is 658. The molecule has 1 aromatic heterocycles. The molecule has 1 heterocycles. The number of pyridine rings is 1. The lowest BCUT2D eigenvalue weighted by Gasteiger charge is -2.22. The maximum atomic E-state index is 12.6. The predicted octanol–water partition coefficient (Wildman–Crippen LogP) is 3.39. The van der Waals surface area contributed by atoms with Gasteiger partial charge in [-0.1, -0.05) is 30.3 Å². The van der Waals surface area contributed by atoms with Crippen molar-refractivity contribution >= 4 is 5.91 Å². The lowest BCUT2D eigenvalue weighted by atomic mass is 10.1. The minimum Gasteiger partial charge on any atom is -0.383 e. The van der Waals surface area contributed by atoms with Gasteiger partial charge in [-0.3, -0.25) is 9.78 Å². The molecule has 4 nitrogen and oxygen atoms in total. The number of carbonyl (C=O) groups excluding carboxylic acids is 1. The van der Waals surface area contributed by atoms with Gasteiger partial charge >= 0.3 is 6.18 Å². The fourth-order valence-electron chi connectivity index (χ4n) is 2.13. The van der Waals surface area contributed by atoms with Crippen molar-refractivity contribution in [2.75, 3.05) is 20.3 Å². The highest BCUT2D eigenvalue weighted by Gasteiger charge is 2.32. The summed E-state index contributed by atoms with van der Waals surface area (Å²) in [5, 5.41) is 0. The highest BCUT2D eigenvalue weighted by molar-refractivity contribution is 5.93. The third-order valence-corrected chi connectivity index (χ3v) is 3.37. The van der Waals surface area contributed by atoms with Crippen LogP contribution in [0.2, 0.25) is 0 Å². The van der Waals surface area contributed by atoms with Gasteiger partial charge in [0.2, 0.25) is 0 Å². The summed E-state index contributed by atoms with van der Waals surface area (Å²) in [5.41, 5.74) is 0.00223. The molecule has 24 heavy (non-hydrogen) atoms. The van der Waals surface area contributed by atoms with Crippen LogP contribution in [0, 0.1) is 0 Å². The summed E-state index contributed by atoms with van der Waals surface area (Å²) >= 11 is 0. The number of carbonyl (C=O) groups is 1. The zero-order valence-corrected chi connectivity index (χ0v) is 13.1. The molecule has 0 saturated heterocycles. The van der Waals surface area contributed by atoms with E-state index in [1.807, 2.05) is 30.3 Å². The van der Waals surface area contributed by atoms with Crippen LogP contribution in [0.1, 0.15) is 21.6 Å². The van der Waals surface area contributed by atoms with E-state index in [0.717, 1.165) is 23.9 Å². The maximum absolute atomic E-state index is 12.6. The van der Waals surface area contributed by atoms with Crippen LogP contribution in [-0.2, 0) is 17.5 Å². The van der Waals surface area contributed by atoms with Crippen molar-refractivity contribution < 1.29 is 22.7 Å². The van der Waals surface area contributed by atoms with Crippen LogP contribution in [0.3, 0.4) is 0 Å². The van der Waals surface area contributed by atoms with Crippen molar-refractivity contribution in [3.05, 3.63) is 65.5 Å². The lowest BCUT2D eigenvalue weighted by molar-refractivity contribution is -0.141. The van der Waals surface area contributed by atoms with Crippen LogP contribution in [0.5, 0.6) is 0 Å². The Morgan fingerprint density at radius 1 is 1.17 bits per heavy atom. The number of nitrogens with zero attached hydrogens (tertiary/aromatic N) is 2. The molecule has 7 heteroatoms. The third kappa shape index (κ3) is 4.79. The SMILES string of the molecule is COCCN(Cc1ccccc1)C(=O)c1ccc(C(F)(F)F)nc1. The summed E-state index contributed by atoms with van der Waals surface area (Å²) < 4.78 is 42.7. The summed E-state index contributed by atoms with van der Waals surface area (Å²) in [6.07, 6.45) is -3.57. The largest absolute Gasteiger partial charge is 0.433 e. The molecule has 0 aliphatic rings. The Morgan fingerprint density at radius 3 is 2.42 bits per heavy atom. The van der Waals surface area contributed by atoms with Crippen molar-refractivity contribution in [3.63, 3.8) is 0 Å². The molecule has 2 rings (SSSR count). The summed E-state index contributed by atoms with van der Waals surface area (Å²) in [4.78, 5) is 17.4. The van der Waals surface area contributed by atoms with Crippen molar-refractivity contribution in [1.29, 1.82) is 0 Å². The Kier molecular flexibility index (Phi) is 5.92. The number of hydrogen-bond donors (Lipinski definition) is 0. The van der Waals surface area contributed by atoms with Gasteiger partial charge in [0.15, 0.2) is 0 Å². The van der Waals surface area contributed by atoms with Gasteiger partial charge in [-0.15, -0.1) is 0 Å². The minimum atomic E-state index is -4.53. The fraction of sp³-hybridized carbons (Fsp3) is 0.294. The molecule has 0 fully saturated rings. The average molecular weight is 338 g/mol. The first-order valence-corrected chi connectivity index (χ1v) is 7.27. The molecule has 0 atom stereocenters. The molecule has 1 amide bonds. The van der Waals surface area contributed by atoms with Crippen molar-refractivity contribution in [3.8, 4) is 0 Å². The highest BCUT2D eigenvalue weighted by atomic mass is 19.4. The molecule has 0 unspecified atom stereocenters. The molecule has 1 aromatic carbocycles. The normalized spacial score (nSPS) is 11.3. The summed E-state index contributed by atoms with van der Waals surface area (Å²) in [7, 11) is 1.52. The molecule has 128 valence electrons. The Balaban J connectivity index is 2.17. The number of amides is 1. The van der Waals surface area contributed by atoms with Gasteiger partial charge in [-0.25, -0.2) is 0 Å². The molecule has 0 bridgehead atoms. The van der Waals surface area contributed by atoms with Gasteiger partial charge in [0, 0.05) is 26.4 Å². The Morgan fingerprint density at radius 2 is 1.88 bits per heavy atom. The number of ether oxygens (including phenoxy) is 1. The number of halogens is 3. The molecule has 0 aliphatic carbocycles. The van der Waals surface area contributed by atoms with E-state index in [1.54, 1.807) is 0 Å². The second-order valence-corrected chi connectivity index (χ2v) is 5.13. The Hall–Kier alpha value is -2.41.